The summed E-state index contributed by atoms with van der Waals surface area (Å²) in [5.41, 5.74) is 0.109. The van der Waals surface area contributed by atoms with E-state index >= 15 is 0 Å². The summed E-state index contributed by atoms with van der Waals surface area (Å²) in [5.74, 6) is -1.72. The molecule has 216 valence electrons. The van der Waals surface area contributed by atoms with Crippen LogP contribution in [0, 0.1) is 0 Å². The molecule has 1 aliphatic rings. The summed E-state index contributed by atoms with van der Waals surface area (Å²) in [6.45, 7) is 8.88. The lowest BCUT2D eigenvalue weighted by Gasteiger charge is -2.51. The lowest BCUT2D eigenvalue weighted by molar-refractivity contribution is -0.195. The third-order valence-electron chi connectivity index (χ3n) is 6.81. The van der Waals surface area contributed by atoms with Crippen LogP contribution < -0.4 is 10.4 Å². The maximum absolute atomic E-state index is 13.5. The first-order valence-corrected chi connectivity index (χ1v) is 15.4. The van der Waals surface area contributed by atoms with E-state index in [2.05, 4.69) is 0 Å². The minimum atomic E-state index is -3.50. The Morgan fingerprint density at radius 3 is 1.78 bits per heavy atom. The van der Waals surface area contributed by atoms with Gasteiger partial charge in [-0.2, -0.15) is 0 Å². The van der Waals surface area contributed by atoms with Crippen LogP contribution in [0.25, 0.3) is 0 Å². The van der Waals surface area contributed by atoms with E-state index in [9.17, 15) is 14.4 Å². The van der Waals surface area contributed by atoms with Crippen LogP contribution in [0.3, 0.4) is 0 Å². The summed E-state index contributed by atoms with van der Waals surface area (Å²) in [6, 6.07) is 26.7. The fourth-order valence-electron chi connectivity index (χ4n) is 5.24. The van der Waals surface area contributed by atoms with Crippen LogP contribution in [-0.4, -0.2) is 62.3 Å². The van der Waals surface area contributed by atoms with Crippen molar-refractivity contribution in [2.45, 2.75) is 64.5 Å². The number of esters is 2. The molecule has 8 nitrogen and oxygen atoms in total. The zero-order valence-electron chi connectivity index (χ0n) is 24.3. The van der Waals surface area contributed by atoms with Crippen molar-refractivity contribution >= 4 is 36.8 Å². The highest BCUT2D eigenvalue weighted by Crippen LogP contribution is 2.40. The van der Waals surface area contributed by atoms with E-state index < -0.39 is 56.3 Å². The monoisotopic (exact) mass is 575 g/mol. The molecule has 1 amide bonds. The number of hydrogen-bond acceptors (Lipinski definition) is 7. The van der Waals surface area contributed by atoms with Gasteiger partial charge in [-0.1, -0.05) is 91.0 Å². The van der Waals surface area contributed by atoms with Crippen molar-refractivity contribution in [1.29, 1.82) is 0 Å². The minimum Gasteiger partial charge on any atom is -0.467 e. The highest BCUT2D eigenvalue weighted by atomic mass is 28.4. The minimum absolute atomic E-state index is 0.497. The number of nitrogens with zero attached hydrogens (tertiary/aromatic N) is 1. The molecule has 0 N–H and O–H groups in total. The highest BCUT2D eigenvalue weighted by Gasteiger charge is 2.58. The summed E-state index contributed by atoms with van der Waals surface area (Å²) >= 11 is 0. The predicted octanol–water partition coefficient (Wildman–Crippen LogP) is 3.52. The quantitative estimate of drug-likeness (QED) is 0.208. The van der Waals surface area contributed by atoms with Gasteiger partial charge in [0.1, 0.15) is 6.04 Å². The van der Waals surface area contributed by atoms with Gasteiger partial charge in [0.25, 0.3) is 5.91 Å². The standard InChI is InChI=1S/C32H37NO7Si/c1-22(39-41(40-32(3,4)5,25-18-12-8-13-19-25)26-20-14-9-15-21-26)27(31(36)37-6)33-28(24-16-10-7-11-17-24)29(30(33)35)38-23(2)34/h7-22,27-29H,1-6H3/t22-,27+,28+,29-/m1/s1. The Kier molecular flexibility index (Phi) is 9.11. The number of methoxy groups -OCH3 is 1. The van der Waals surface area contributed by atoms with E-state index in [-0.39, 0.29) is 0 Å². The third kappa shape index (κ3) is 6.42. The second kappa shape index (κ2) is 12.4. The van der Waals surface area contributed by atoms with Crippen molar-refractivity contribution in [2.75, 3.05) is 7.11 Å². The molecule has 1 saturated heterocycles. The molecule has 0 spiro atoms. The molecular weight excluding hydrogens is 538 g/mol. The summed E-state index contributed by atoms with van der Waals surface area (Å²) in [7, 11) is -2.22. The van der Waals surface area contributed by atoms with E-state index in [4.69, 9.17) is 18.3 Å². The van der Waals surface area contributed by atoms with Crippen LogP contribution in [0.15, 0.2) is 91.0 Å². The third-order valence-corrected chi connectivity index (χ3v) is 10.6. The van der Waals surface area contributed by atoms with Crippen LogP contribution >= 0.6 is 0 Å². The van der Waals surface area contributed by atoms with Crippen molar-refractivity contribution in [3.05, 3.63) is 96.6 Å². The van der Waals surface area contributed by atoms with E-state index in [0.29, 0.717) is 0 Å². The number of carbonyl (C=O) groups is 3. The van der Waals surface area contributed by atoms with E-state index in [1.807, 2.05) is 112 Å². The molecule has 0 radical (unpaired) electrons. The molecular formula is C32H37NO7Si. The zero-order valence-corrected chi connectivity index (χ0v) is 25.3. The maximum atomic E-state index is 13.5. The molecule has 1 fully saturated rings. The molecule has 0 aliphatic carbocycles. The van der Waals surface area contributed by atoms with Gasteiger partial charge in [0.05, 0.1) is 18.8 Å². The van der Waals surface area contributed by atoms with Crippen molar-refractivity contribution in [2.24, 2.45) is 0 Å². The first kappa shape index (κ1) is 30.2. The second-order valence-corrected chi connectivity index (χ2v) is 13.8. The van der Waals surface area contributed by atoms with Crippen LogP contribution in [-0.2, 0) is 32.7 Å². The number of benzene rings is 3. The first-order valence-electron chi connectivity index (χ1n) is 13.6. The molecule has 0 unspecified atom stereocenters. The summed E-state index contributed by atoms with van der Waals surface area (Å²) in [6.07, 6.45) is -1.93. The fourth-order valence-corrected chi connectivity index (χ4v) is 8.91. The highest BCUT2D eigenvalue weighted by molar-refractivity contribution is 6.92. The zero-order chi connectivity index (χ0) is 29.8. The van der Waals surface area contributed by atoms with E-state index in [1.165, 1.54) is 18.9 Å². The largest absolute Gasteiger partial charge is 0.467 e. The number of β-lactam (4-membered cyclic amide) rings is 1. The first-order chi connectivity index (χ1) is 19.5. The Hall–Kier alpha value is -3.79. The topological polar surface area (TPSA) is 91.4 Å². The molecule has 1 aliphatic heterocycles. The second-order valence-electron chi connectivity index (χ2n) is 11.0. The Bertz CT molecular complexity index is 1310. The van der Waals surface area contributed by atoms with Gasteiger partial charge in [0.2, 0.25) is 6.10 Å². The average molecular weight is 576 g/mol. The van der Waals surface area contributed by atoms with E-state index in [1.54, 1.807) is 6.92 Å². The molecule has 9 heteroatoms. The van der Waals surface area contributed by atoms with Gasteiger partial charge < -0.3 is 23.2 Å². The summed E-state index contributed by atoms with van der Waals surface area (Å²) < 4.78 is 24.5. The number of likely N-dealkylation sites (tertiary alicyclic amines) is 1. The van der Waals surface area contributed by atoms with Gasteiger partial charge in [0.15, 0.2) is 6.04 Å². The number of ether oxygens (including phenoxy) is 2. The number of rotatable bonds is 10. The SMILES string of the molecule is COC(=O)[C@H]([C@@H](C)O[Si](OC(C)(C)C)(c1ccccc1)c1ccccc1)N1C(=O)[C@H](OC(C)=O)[C@@H]1c1ccccc1. The number of carbonyl (C=O) groups excluding carboxylic acids is 3. The van der Waals surface area contributed by atoms with Crippen molar-refractivity contribution in [3.63, 3.8) is 0 Å². The van der Waals surface area contributed by atoms with Gasteiger partial charge in [0, 0.05) is 6.92 Å². The summed E-state index contributed by atoms with van der Waals surface area (Å²) in [4.78, 5) is 40.3. The predicted molar refractivity (Wildman–Crippen MR) is 157 cm³/mol. The Balaban J connectivity index is 1.82. The molecule has 3 aromatic carbocycles. The lowest BCUT2D eigenvalue weighted by atomic mass is 9.87. The van der Waals surface area contributed by atoms with Gasteiger partial charge in [-0.05, 0) is 43.6 Å². The average Bonchev–Trinajstić information content (AvgIpc) is 2.96. The van der Waals surface area contributed by atoms with Gasteiger partial charge >= 0.3 is 20.5 Å². The fraction of sp³-hybridized carbons (Fsp3) is 0.344. The van der Waals surface area contributed by atoms with Crippen LogP contribution in [0.2, 0.25) is 0 Å². The Morgan fingerprint density at radius 2 is 1.34 bits per heavy atom. The molecule has 0 saturated carbocycles. The Labute approximate surface area is 242 Å². The van der Waals surface area contributed by atoms with Crippen LogP contribution in [0.4, 0.5) is 0 Å². The molecule has 4 rings (SSSR count). The van der Waals surface area contributed by atoms with Gasteiger partial charge in [-0.15, -0.1) is 0 Å². The summed E-state index contributed by atoms with van der Waals surface area (Å²) in [5, 5.41) is 1.70. The molecule has 41 heavy (non-hydrogen) atoms. The molecule has 0 bridgehead atoms. The molecule has 4 atom stereocenters. The van der Waals surface area contributed by atoms with Gasteiger partial charge in [-0.25, -0.2) is 4.79 Å². The lowest BCUT2D eigenvalue weighted by Crippen LogP contribution is -2.71. The number of hydrogen-bond donors (Lipinski definition) is 0. The van der Waals surface area contributed by atoms with E-state index in [0.717, 1.165) is 15.9 Å². The van der Waals surface area contributed by atoms with Crippen molar-refractivity contribution < 1.29 is 32.7 Å². The van der Waals surface area contributed by atoms with Crippen LogP contribution in [0.1, 0.15) is 46.2 Å². The normalized spacial score (nSPS) is 18.7. The smallest absolute Gasteiger partial charge is 0.407 e. The van der Waals surface area contributed by atoms with Gasteiger partial charge in [-0.3, -0.25) is 9.59 Å². The van der Waals surface area contributed by atoms with Crippen molar-refractivity contribution in [3.8, 4) is 0 Å². The van der Waals surface area contributed by atoms with Crippen LogP contribution in [0.5, 0.6) is 0 Å². The molecule has 3 aromatic rings. The van der Waals surface area contributed by atoms with Crippen molar-refractivity contribution in [1.82, 2.24) is 4.90 Å². The number of amides is 1. The Morgan fingerprint density at radius 1 is 0.854 bits per heavy atom. The maximum Gasteiger partial charge on any atom is 0.407 e. The molecule has 1 heterocycles. The molecule has 0 aromatic heterocycles.